The zero-order valence-electron chi connectivity index (χ0n) is 14.9. The van der Waals surface area contributed by atoms with Crippen LogP contribution >= 0.6 is 0 Å². The number of esters is 2. The van der Waals surface area contributed by atoms with Gasteiger partial charge in [0.05, 0.1) is 18.4 Å². The van der Waals surface area contributed by atoms with E-state index in [0.29, 0.717) is 6.42 Å². The van der Waals surface area contributed by atoms with Crippen molar-refractivity contribution in [3.63, 3.8) is 0 Å². The van der Waals surface area contributed by atoms with Crippen LogP contribution in [0.3, 0.4) is 0 Å². The molecule has 0 radical (unpaired) electrons. The lowest BCUT2D eigenvalue weighted by Gasteiger charge is -2.48. The first-order valence-corrected chi connectivity index (χ1v) is 8.69. The molecule has 138 valence electrons. The predicted molar refractivity (Wildman–Crippen MR) is 89.9 cm³/mol. The molecule has 2 saturated heterocycles. The molecule has 5 atom stereocenters. The first-order chi connectivity index (χ1) is 12.3. The molecule has 0 aromatic heterocycles. The first kappa shape index (κ1) is 17.0. The molecule has 0 spiro atoms. The maximum atomic E-state index is 13.2. The van der Waals surface area contributed by atoms with Crippen molar-refractivity contribution in [3.05, 3.63) is 30.3 Å². The van der Waals surface area contributed by atoms with E-state index in [1.807, 2.05) is 37.3 Å². The lowest BCUT2D eigenvalue weighted by Crippen LogP contribution is -2.64. The number of fused-ring (bicyclic) bond motifs is 1. The molecule has 26 heavy (non-hydrogen) atoms. The van der Waals surface area contributed by atoms with Gasteiger partial charge in [-0.25, -0.2) is 0 Å². The van der Waals surface area contributed by atoms with Crippen molar-refractivity contribution >= 4 is 23.5 Å². The van der Waals surface area contributed by atoms with Crippen molar-refractivity contribution in [3.8, 4) is 0 Å². The van der Waals surface area contributed by atoms with E-state index >= 15 is 0 Å². The Labute approximate surface area is 151 Å². The minimum Gasteiger partial charge on any atom is -0.459 e. The summed E-state index contributed by atoms with van der Waals surface area (Å²) in [5, 5.41) is 0. The second-order valence-electron chi connectivity index (χ2n) is 7.45. The van der Waals surface area contributed by atoms with E-state index in [0.717, 1.165) is 5.69 Å². The van der Waals surface area contributed by atoms with E-state index in [1.54, 1.807) is 4.90 Å². The van der Waals surface area contributed by atoms with Gasteiger partial charge < -0.3 is 19.1 Å². The van der Waals surface area contributed by atoms with Crippen LogP contribution in [0.4, 0.5) is 5.69 Å². The predicted octanol–water partition coefficient (Wildman–Crippen LogP) is 1.65. The zero-order chi connectivity index (χ0) is 18.7. The molecule has 1 saturated carbocycles. The third kappa shape index (κ3) is 2.34. The SMILES string of the molecule is CC(=O)O[C@H]1[C@H]2[C@@H]3C[C@]1(C)O[C@]2(OC(C)=O)CN(c1ccccc1)C3=O. The van der Waals surface area contributed by atoms with Gasteiger partial charge in [0.1, 0.15) is 11.7 Å². The number of hydrogen-bond acceptors (Lipinski definition) is 6. The Morgan fingerprint density at radius 1 is 1.19 bits per heavy atom. The Kier molecular flexibility index (Phi) is 3.63. The maximum Gasteiger partial charge on any atom is 0.305 e. The van der Waals surface area contributed by atoms with Gasteiger partial charge in [0, 0.05) is 19.5 Å². The fourth-order valence-corrected chi connectivity index (χ4v) is 4.81. The van der Waals surface area contributed by atoms with Crippen molar-refractivity contribution < 1.29 is 28.6 Å². The molecule has 1 aromatic rings. The molecule has 0 N–H and O–H groups in total. The van der Waals surface area contributed by atoms with Gasteiger partial charge in [0.2, 0.25) is 11.7 Å². The van der Waals surface area contributed by atoms with Gasteiger partial charge in [0.25, 0.3) is 0 Å². The molecule has 4 rings (SSSR count). The summed E-state index contributed by atoms with van der Waals surface area (Å²) in [4.78, 5) is 38.2. The highest BCUT2D eigenvalue weighted by Gasteiger charge is 2.76. The quantitative estimate of drug-likeness (QED) is 0.763. The molecule has 0 unspecified atom stereocenters. The fourth-order valence-electron chi connectivity index (χ4n) is 4.81. The second kappa shape index (κ2) is 5.54. The van der Waals surface area contributed by atoms with Gasteiger partial charge in [-0.2, -0.15) is 0 Å². The van der Waals surface area contributed by atoms with Crippen molar-refractivity contribution in [2.24, 2.45) is 11.8 Å². The lowest BCUT2D eigenvalue weighted by molar-refractivity contribution is -0.275. The number of hydrogen-bond donors (Lipinski definition) is 0. The molecule has 1 aromatic carbocycles. The minimum absolute atomic E-state index is 0.0619. The molecule has 3 fully saturated rings. The van der Waals surface area contributed by atoms with E-state index < -0.39 is 41.3 Å². The highest BCUT2D eigenvalue weighted by molar-refractivity contribution is 5.97. The van der Waals surface area contributed by atoms with Gasteiger partial charge in [0.15, 0.2) is 0 Å². The van der Waals surface area contributed by atoms with Gasteiger partial charge in [-0.3, -0.25) is 14.4 Å². The van der Waals surface area contributed by atoms with Crippen molar-refractivity contribution in [2.75, 3.05) is 11.4 Å². The van der Waals surface area contributed by atoms with Crippen LogP contribution in [0.5, 0.6) is 0 Å². The monoisotopic (exact) mass is 359 g/mol. The Morgan fingerprint density at radius 3 is 2.50 bits per heavy atom. The third-order valence-electron chi connectivity index (χ3n) is 5.54. The van der Waals surface area contributed by atoms with Gasteiger partial charge >= 0.3 is 11.9 Å². The third-order valence-corrected chi connectivity index (χ3v) is 5.54. The van der Waals surface area contributed by atoms with Crippen LogP contribution in [0, 0.1) is 11.8 Å². The Morgan fingerprint density at radius 2 is 1.88 bits per heavy atom. The highest BCUT2D eigenvalue weighted by atomic mass is 16.7. The van der Waals surface area contributed by atoms with Crippen LogP contribution in [-0.4, -0.2) is 41.9 Å². The van der Waals surface area contributed by atoms with Crippen LogP contribution in [0.25, 0.3) is 0 Å². The molecule has 3 aliphatic rings. The van der Waals surface area contributed by atoms with Crippen LogP contribution in [-0.2, 0) is 28.6 Å². The summed E-state index contributed by atoms with van der Waals surface area (Å²) in [5.74, 6) is -3.26. The number of carbonyl (C=O) groups is 3. The van der Waals surface area contributed by atoms with Crippen LogP contribution < -0.4 is 4.90 Å². The molecule has 1 aliphatic carbocycles. The Balaban J connectivity index is 1.77. The molecule has 2 aliphatic heterocycles. The smallest absolute Gasteiger partial charge is 0.305 e. The molecule has 7 nitrogen and oxygen atoms in total. The zero-order valence-corrected chi connectivity index (χ0v) is 14.9. The van der Waals surface area contributed by atoms with Crippen LogP contribution in [0.1, 0.15) is 27.2 Å². The number of nitrogens with zero attached hydrogens (tertiary/aromatic N) is 1. The number of amides is 1. The van der Waals surface area contributed by atoms with E-state index in [4.69, 9.17) is 14.2 Å². The molecule has 1 amide bonds. The topological polar surface area (TPSA) is 82.1 Å². The van der Waals surface area contributed by atoms with Gasteiger partial charge in [-0.05, 0) is 25.5 Å². The van der Waals surface area contributed by atoms with Gasteiger partial charge in [-0.1, -0.05) is 18.2 Å². The maximum absolute atomic E-state index is 13.2. The molecular weight excluding hydrogens is 338 g/mol. The Hall–Kier alpha value is -2.41. The van der Waals surface area contributed by atoms with Gasteiger partial charge in [-0.15, -0.1) is 0 Å². The average Bonchev–Trinajstić information content (AvgIpc) is 2.96. The van der Waals surface area contributed by atoms with E-state index in [9.17, 15) is 14.4 Å². The number of anilines is 1. The van der Waals surface area contributed by atoms with Crippen molar-refractivity contribution in [1.29, 1.82) is 0 Å². The molecular formula is C19H21NO6. The lowest BCUT2D eigenvalue weighted by atomic mass is 9.81. The first-order valence-electron chi connectivity index (χ1n) is 8.69. The summed E-state index contributed by atoms with van der Waals surface area (Å²) in [5.41, 5.74) is -0.134. The number of para-hydroxylation sites is 1. The summed E-state index contributed by atoms with van der Waals surface area (Å²) >= 11 is 0. The Bertz CT molecular complexity index is 779. The summed E-state index contributed by atoms with van der Waals surface area (Å²) in [6.07, 6.45) is -0.202. The van der Waals surface area contributed by atoms with Crippen LogP contribution in [0.15, 0.2) is 30.3 Å². The summed E-state index contributed by atoms with van der Waals surface area (Å²) in [6.45, 7) is 4.52. The molecule has 7 heteroatoms. The van der Waals surface area contributed by atoms with E-state index in [2.05, 4.69) is 0 Å². The number of piperidine rings is 1. The molecule has 2 bridgehead atoms. The minimum atomic E-state index is -1.31. The standard InChI is InChI=1S/C19H21NO6/c1-11(21)24-16-15-14-9-18(16,3)26-19(15,25-12(2)22)10-20(17(14)23)13-7-5-4-6-8-13/h4-8,14-16H,9-10H2,1-3H3/t14-,15+,16-,18-,19+/m0/s1. The highest BCUT2D eigenvalue weighted by Crippen LogP contribution is 2.61. The molecule has 2 heterocycles. The number of carbonyl (C=O) groups excluding carboxylic acids is 3. The summed E-state index contributed by atoms with van der Waals surface area (Å²) in [6, 6.07) is 9.21. The van der Waals surface area contributed by atoms with Crippen molar-refractivity contribution in [1.82, 2.24) is 0 Å². The summed E-state index contributed by atoms with van der Waals surface area (Å²) in [7, 11) is 0. The number of rotatable bonds is 3. The number of benzene rings is 1. The average molecular weight is 359 g/mol. The van der Waals surface area contributed by atoms with E-state index in [-0.39, 0.29) is 12.5 Å². The fraction of sp³-hybridized carbons (Fsp3) is 0.526. The number of ether oxygens (including phenoxy) is 3. The summed E-state index contributed by atoms with van der Waals surface area (Å²) < 4.78 is 17.4. The second-order valence-corrected chi connectivity index (χ2v) is 7.45. The van der Waals surface area contributed by atoms with Crippen LogP contribution in [0.2, 0.25) is 0 Å². The van der Waals surface area contributed by atoms with Crippen molar-refractivity contribution in [2.45, 2.75) is 44.7 Å². The van der Waals surface area contributed by atoms with E-state index in [1.165, 1.54) is 13.8 Å². The largest absolute Gasteiger partial charge is 0.459 e. The normalized spacial score (nSPS) is 37.6.